The topological polar surface area (TPSA) is 45.1 Å². The fraction of sp³-hybridized carbons (Fsp3) is 0.357. The van der Waals surface area contributed by atoms with Crippen LogP contribution >= 0.6 is 24.0 Å². The van der Waals surface area contributed by atoms with Crippen molar-refractivity contribution in [2.45, 2.75) is 25.8 Å². The molecular formula is C14H18Cl2N2O. The molecule has 0 fully saturated rings. The van der Waals surface area contributed by atoms with Gasteiger partial charge in [-0.05, 0) is 44.0 Å². The molecule has 3 nitrogen and oxygen atoms in total. The van der Waals surface area contributed by atoms with Gasteiger partial charge in [-0.15, -0.1) is 12.4 Å². The minimum absolute atomic E-state index is 0. The maximum Gasteiger partial charge on any atom is 0.0737 e. The van der Waals surface area contributed by atoms with Gasteiger partial charge in [0.1, 0.15) is 0 Å². The molecule has 1 unspecified atom stereocenters. The number of rotatable bonds is 5. The number of hydrogen-bond donors (Lipinski definition) is 2. The van der Waals surface area contributed by atoms with Gasteiger partial charge in [0.15, 0.2) is 0 Å². The Morgan fingerprint density at radius 3 is 2.89 bits per heavy atom. The predicted molar refractivity (Wildman–Crippen MR) is 83.4 cm³/mol. The van der Waals surface area contributed by atoms with E-state index in [-0.39, 0.29) is 19.0 Å². The van der Waals surface area contributed by atoms with Crippen molar-refractivity contribution in [2.24, 2.45) is 0 Å². The molecule has 0 aliphatic rings. The Labute approximate surface area is 124 Å². The number of fused-ring (bicyclic) bond motifs is 1. The van der Waals surface area contributed by atoms with E-state index in [0.717, 1.165) is 29.4 Å². The van der Waals surface area contributed by atoms with Crippen LogP contribution in [0.5, 0.6) is 0 Å². The Bertz CT molecular complexity index is 534. The van der Waals surface area contributed by atoms with Gasteiger partial charge < -0.3 is 10.4 Å². The first kappa shape index (κ1) is 16.0. The second-order valence-corrected chi connectivity index (χ2v) is 4.87. The van der Waals surface area contributed by atoms with Crippen LogP contribution in [0.3, 0.4) is 0 Å². The molecular weight excluding hydrogens is 283 g/mol. The number of benzene rings is 1. The summed E-state index contributed by atoms with van der Waals surface area (Å²) in [6.07, 6.45) is 3.52. The molecule has 0 aliphatic heterocycles. The molecule has 0 bridgehead atoms. The summed E-state index contributed by atoms with van der Waals surface area (Å²) in [5.74, 6) is 0. The summed E-state index contributed by atoms with van der Waals surface area (Å²) in [7, 11) is 0. The van der Waals surface area contributed by atoms with Gasteiger partial charge in [0.05, 0.1) is 5.52 Å². The van der Waals surface area contributed by atoms with E-state index in [1.807, 2.05) is 24.3 Å². The third kappa shape index (κ3) is 4.23. The molecule has 1 heterocycles. The zero-order chi connectivity index (χ0) is 13.0. The number of nitrogens with one attached hydrogen (secondary N) is 1. The van der Waals surface area contributed by atoms with E-state index < -0.39 is 0 Å². The lowest BCUT2D eigenvalue weighted by atomic mass is 10.1. The minimum Gasteiger partial charge on any atom is -0.396 e. The van der Waals surface area contributed by atoms with Crippen molar-refractivity contribution in [1.82, 2.24) is 4.98 Å². The molecule has 0 spiro atoms. The predicted octanol–water partition coefficient (Wildman–Crippen LogP) is 3.88. The number of halogens is 2. The van der Waals surface area contributed by atoms with Crippen molar-refractivity contribution >= 4 is 40.6 Å². The maximum absolute atomic E-state index is 8.83. The van der Waals surface area contributed by atoms with Gasteiger partial charge in [-0.1, -0.05) is 11.6 Å². The van der Waals surface area contributed by atoms with Crippen LogP contribution in [0.1, 0.15) is 19.8 Å². The number of nitrogens with zero attached hydrogens (tertiary/aromatic N) is 1. The van der Waals surface area contributed by atoms with E-state index in [1.165, 1.54) is 0 Å². The largest absolute Gasteiger partial charge is 0.396 e. The molecule has 0 saturated carbocycles. The van der Waals surface area contributed by atoms with Crippen LogP contribution in [0.15, 0.2) is 30.5 Å². The van der Waals surface area contributed by atoms with Crippen molar-refractivity contribution in [1.29, 1.82) is 0 Å². The molecule has 2 N–H and O–H groups in total. The van der Waals surface area contributed by atoms with E-state index >= 15 is 0 Å². The molecule has 0 amide bonds. The lowest BCUT2D eigenvalue weighted by Gasteiger charge is -2.16. The monoisotopic (exact) mass is 300 g/mol. The van der Waals surface area contributed by atoms with Gasteiger partial charge >= 0.3 is 0 Å². The van der Waals surface area contributed by atoms with Crippen LogP contribution in [-0.4, -0.2) is 22.7 Å². The summed E-state index contributed by atoms with van der Waals surface area (Å²) >= 11 is 5.96. The van der Waals surface area contributed by atoms with Crippen LogP contribution in [0.25, 0.3) is 10.9 Å². The summed E-state index contributed by atoms with van der Waals surface area (Å²) in [5, 5.41) is 14.0. The first-order chi connectivity index (χ1) is 8.70. The van der Waals surface area contributed by atoms with Crippen molar-refractivity contribution in [3.63, 3.8) is 0 Å². The van der Waals surface area contributed by atoms with Gasteiger partial charge in [-0.2, -0.15) is 0 Å². The normalized spacial score (nSPS) is 11.9. The first-order valence-electron chi connectivity index (χ1n) is 6.12. The summed E-state index contributed by atoms with van der Waals surface area (Å²) in [6.45, 7) is 2.34. The Balaban J connectivity index is 0.00000180. The fourth-order valence-corrected chi connectivity index (χ4v) is 2.15. The average Bonchev–Trinajstić information content (AvgIpc) is 2.36. The quantitative estimate of drug-likeness (QED) is 0.881. The van der Waals surface area contributed by atoms with Crippen LogP contribution in [0.2, 0.25) is 5.02 Å². The molecule has 1 atom stereocenters. The number of aliphatic hydroxyl groups is 1. The maximum atomic E-state index is 8.83. The molecule has 1 aromatic carbocycles. The Hall–Kier alpha value is -1.03. The molecule has 104 valence electrons. The summed E-state index contributed by atoms with van der Waals surface area (Å²) in [5.41, 5.74) is 1.95. The summed E-state index contributed by atoms with van der Waals surface area (Å²) < 4.78 is 0. The lowest BCUT2D eigenvalue weighted by molar-refractivity contribution is 0.282. The Morgan fingerprint density at radius 2 is 2.16 bits per heavy atom. The second kappa shape index (κ2) is 7.53. The van der Waals surface area contributed by atoms with Crippen LogP contribution in [0, 0.1) is 0 Å². The van der Waals surface area contributed by atoms with Crippen LogP contribution < -0.4 is 5.32 Å². The first-order valence-corrected chi connectivity index (χ1v) is 6.50. The van der Waals surface area contributed by atoms with E-state index in [4.69, 9.17) is 16.7 Å². The van der Waals surface area contributed by atoms with Crippen LogP contribution in [-0.2, 0) is 0 Å². The standard InChI is InChI=1S/C14H17ClN2O.ClH/c1-10(3-2-8-18)17-13-6-7-16-14-9-11(15)4-5-12(13)14;/h4-7,9-10,18H,2-3,8H2,1H3,(H,16,17);1H. The van der Waals surface area contributed by atoms with E-state index in [2.05, 4.69) is 17.2 Å². The Kier molecular flexibility index (Phi) is 6.35. The van der Waals surface area contributed by atoms with E-state index in [9.17, 15) is 0 Å². The van der Waals surface area contributed by atoms with E-state index in [1.54, 1.807) is 6.20 Å². The zero-order valence-electron chi connectivity index (χ0n) is 10.8. The molecule has 0 radical (unpaired) electrons. The highest BCUT2D eigenvalue weighted by Gasteiger charge is 2.06. The molecule has 2 rings (SSSR count). The molecule has 2 aromatic rings. The van der Waals surface area contributed by atoms with Gasteiger partial charge in [0, 0.05) is 34.9 Å². The smallest absolute Gasteiger partial charge is 0.0737 e. The highest BCUT2D eigenvalue weighted by atomic mass is 35.5. The molecule has 1 aromatic heterocycles. The number of hydrogen-bond acceptors (Lipinski definition) is 3. The zero-order valence-corrected chi connectivity index (χ0v) is 12.3. The summed E-state index contributed by atoms with van der Waals surface area (Å²) in [4.78, 5) is 4.31. The number of pyridine rings is 1. The van der Waals surface area contributed by atoms with Gasteiger partial charge in [-0.3, -0.25) is 4.98 Å². The van der Waals surface area contributed by atoms with Crippen molar-refractivity contribution in [3.05, 3.63) is 35.5 Å². The third-order valence-corrected chi connectivity index (χ3v) is 3.14. The molecule has 0 saturated heterocycles. The third-order valence-electron chi connectivity index (χ3n) is 2.90. The number of aliphatic hydroxyl groups excluding tert-OH is 1. The highest BCUT2D eigenvalue weighted by Crippen LogP contribution is 2.25. The van der Waals surface area contributed by atoms with Crippen molar-refractivity contribution < 1.29 is 5.11 Å². The SMILES string of the molecule is CC(CCCO)Nc1ccnc2cc(Cl)ccc12.Cl. The van der Waals surface area contributed by atoms with E-state index in [0.29, 0.717) is 11.1 Å². The highest BCUT2D eigenvalue weighted by molar-refractivity contribution is 6.31. The average molecular weight is 301 g/mol. The second-order valence-electron chi connectivity index (χ2n) is 4.43. The van der Waals surface area contributed by atoms with Crippen LogP contribution in [0.4, 0.5) is 5.69 Å². The van der Waals surface area contributed by atoms with Gasteiger partial charge in [-0.25, -0.2) is 0 Å². The number of anilines is 1. The Morgan fingerprint density at radius 1 is 1.37 bits per heavy atom. The summed E-state index contributed by atoms with van der Waals surface area (Å²) in [6, 6.07) is 7.99. The number of aromatic nitrogens is 1. The van der Waals surface area contributed by atoms with Gasteiger partial charge in [0.25, 0.3) is 0 Å². The van der Waals surface area contributed by atoms with Crippen molar-refractivity contribution in [3.8, 4) is 0 Å². The minimum atomic E-state index is 0. The molecule has 5 heteroatoms. The lowest BCUT2D eigenvalue weighted by Crippen LogP contribution is -2.15. The van der Waals surface area contributed by atoms with Gasteiger partial charge in [0.2, 0.25) is 0 Å². The molecule has 19 heavy (non-hydrogen) atoms. The van der Waals surface area contributed by atoms with Crippen molar-refractivity contribution in [2.75, 3.05) is 11.9 Å². The molecule has 0 aliphatic carbocycles. The fourth-order valence-electron chi connectivity index (χ4n) is 1.98.